The van der Waals surface area contributed by atoms with E-state index in [0.29, 0.717) is 17.5 Å². The fourth-order valence-corrected chi connectivity index (χ4v) is 9.48. The van der Waals surface area contributed by atoms with Crippen molar-refractivity contribution in [1.82, 2.24) is 29.1 Å². The number of para-hydroxylation sites is 1. The summed E-state index contributed by atoms with van der Waals surface area (Å²) < 4.78 is 4.94. The Bertz CT molecular complexity index is 3290. The monoisotopic (exact) mass is 741 g/mol. The molecule has 0 aliphatic carbocycles. The first-order valence-corrected chi connectivity index (χ1v) is 19.6. The van der Waals surface area contributed by atoms with E-state index in [2.05, 4.69) is 122 Å². The van der Waals surface area contributed by atoms with E-state index in [1.807, 2.05) is 73.1 Å². The van der Waals surface area contributed by atoms with Gasteiger partial charge in [0.15, 0.2) is 17.5 Å². The van der Waals surface area contributed by atoms with E-state index in [-0.39, 0.29) is 0 Å². The number of fused-ring (bicyclic) bond motifs is 8. The number of anilines is 3. The first-order chi connectivity index (χ1) is 28.8. The van der Waals surface area contributed by atoms with Crippen molar-refractivity contribution in [3.63, 3.8) is 0 Å². The van der Waals surface area contributed by atoms with Crippen molar-refractivity contribution in [1.29, 1.82) is 0 Å². The highest BCUT2D eigenvalue weighted by Crippen LogP contribution is 2.51. The second-order valence-electron chi connectivity index (χ2n) is 15.1. The number of nitrogens with zero attached hydrogens (tertiary/aromatic N) is 7. The topological polar surface area (TPSA) is 64.7 Å². The highest BCUT2D eigenvalue weighted by Gasteiger charge is 2.32. The van der Waals surface area contributed by atoms with Crippen LogP contribution in [0.15, 0.2) is 176 Å². The molecule has 11 aromatic rings. The third kappa shape index (κ3) is 4.38. The van der Waals surface area contributed by atoms with Gasteiger partial charge in [-0.15, -0.1) is 0 Å². The molecule has 2 aliphatic rings. The van der Waals surface area contributed by atoms with E-state index in [4.69, 9.17) is 15.0 Å². The summed E-state index contributed by atoms with van der Waals surface area (Å²) in [5.74, 6) is 1.90. The fraction of sp³-hybridized carbons (Fsp3) is 0.0196. The maximum absolute atomic E-state index is 5.10. The zero-order chi connectivity index (χ0) is 37.9. The molecule has 7 nitrogen and oxygen atoms in total. The van der Waals surface area contributed by atoms with Crippen LogP contribution >= 0.6 is 0 Å². The Labute approximate surface area is 332 Å². The Kier molecular flexibility index (Phi) is 6.37. The lowest BCUT2D eigenvalue weighted by Gasteiger charge is -2.36. The molecule has 4 bridgehead atoms. The number of pyridine rings is 1. The van der Waals surface area contributed by atoms with Gasteiger partial charge >= 0.3 is 0 Å². The summed E-state index contributed by atoms with van der Waals surface area (Å²) in [6.45, 7) is 0. The maximum Gasteiger partial charge on any atom is 0.164 e. The second kappa shape index (κ2) is 11.8. The average Bonchev–Trinajstić information content (AvgIpc) is 3.79. The number of aromatic nitrogens is 6. The second-order valence-corrected chi connectivity index (χ2v) is 15.1. The molecule has 0 spiro atoms. The van der Waals surface area contributed by atoms with Crippen molar-refractivity contribution < 1.29 is 0 Å². The normalized spacial score (nSPS) is 12.7. The summed E-state index contributed by atoms with van der Waals surface area (Å²) >= 11 is 0. The van der Waals surface area contributed by atoms with Gasteiger partial charge in [-0.1, -0.05) is 103 Å². The first-order valence-electron chi connectivity index (χ1n) is 19.6. The van der Waals surface area contributed by atoms with E-state index in [1.54, 1.807) is 0 Å². The van der Waals surface area contributed by atoms with Crippen molar-refractivity contribution >= 4 is 60.7 Å². The Morgan fingerprint density at radius 3 is 1.59 bits per heavy atom. The van der Waals surface area contributed by atoms with Crippen LogP contribution in [0.1, 0.15) is 11.1 Å². The van der Waals surface area contributed by atoms with Gasteiger partial charge in [-0.25, -0.2) is 15.0 Å². The molecular formula is C51H31N7. The van der Waals surface area contributed by atoms with Gasteiger partial charge in [0.25, 0.3) is 0 Å². The van der Waals surface area contributed by atoms with Crippen molar-refractivity contribution in [3.8, 4) is 45.5 Å². The van der Waals surface area contributed by atoms with Gasteiger partial charge in [0.05, 0.1) is 44.8 Å². The van der Waals surface area contributed by atoms with Crippen molar-refractivity contribution in [2.75, 3.05) is 4.90 Å². The SMILES string of the molecule is c1ccc(-c2nc(-c3ccccc3)nc(-c3cccc(N4c5cccc6c5Cc5c4cccc5-n4c5ccncc5c5cc7c8ccccc8n-6c7cc54)c3)n2)cc1. The quantitative estimate of drug-likeness (QED) is 0.180. The van der Waals surface area contributed by atoms with Crippen LogP contribution in [-0.2, 0) is 6.42 Å². The molecule has 0 saturated heterocycles. The third-order valence-electron chi connectivity index (χ3n) is 12.0. The van der Waals surface area contributed by atoms with Crippen molar-refractivity contribution in [3.05, 3.63) is 187 Å². The summed E-state index contributed by atoms with van der Waals surface area (Å²) in [7, 11) is 0. The molecule has 0 fully saturated rings. The van der Waals surface area contributed by atoms with Crippen molar-refractivity contribution in [2.45, 2.75) is 6.42 Å². The molecule has 2 aliphatic heterocycles. The molecule has 0 unspecified atom stereocenters. The molecule has 6 heterocycles. The molecule has 7 aromatic carbocycles. The van der Waals surface area contributed by atoms with E-state index in [1.165, 1.54) is 55.2 Å². The first kappa shape index (κ1) is 31.3. The molecule has 270 valence electrons. The summed E-state index contributed by atoms with van der Waals surface area (Å²) in [6.07, 6.45) is 4.70. The number of hydrogen-bond donors (Lipinski definition) is 0. The molecule has 0 atom stereocenters. The molecule has 7 heteroatoms. The van der Waals surface area contributed by atoms with Crippen LogP contribution in [-0.4, -0.2) is 29.1 Å². The van der Waals surface area contributed by atoms with Crippen LogP contribution in [0, 0.1) is 0 Å². The number of hydrogen-bond acceptors (Lipinski definition) is 5. The highest BCUT2D eigenvalue weighted by molar-refractivity contribution is 6.19. The van der Waals surface area contributed by atoms with Crippen LogP contribution in [0.2, 0.25) is 0 Å². The lowest BCUT2D eigenvalue weighted by molar-refractivity contribution is 1.01. The standard InChI is InChI=1S/C51H31N7/c1-3-12-31(13-4-1)49-53-50(32-14-5-2-6-15-32)55-51(54-49)33-16-9-17-34(26-33)56-42-20-10-22-44-38(42)28-39-43(56)21-11-23-45(39)58-46-24-25-52-30-40(46)37-27-36-35-18-7-8-19-41(35)57(44)47(36)29-48(37)58/h1-27,29-30H,28H2. The lowest BCUT2D eigenvalue weighted by Crippen LogP contribution is -2.22. The minimum atomic E-state index is 0.624. The predicted molar refractivity (Wildman–Crippen MR) is 234 cm³/mol. The van der Waals surface area contributed by atoms with E-state index in [9.17, 15) is 0 Å². The third-order valence-corrected chi connectivity index (χ3v) is 12.0. The minimum Gasteiger partial charge on any atom is -0.310 e. The predicted octanol–water partition coefficient (Wildman–Crippen LogP) is 12.1. The molecule has 58 heavy (non-hydrogen) atoms. The molecule has 0 N–H and O–H groups in total. The highest BCUT2D eigenvalue weighted by atomic mass is 15.2. The lowest BCUT2D eigenvalue weighted by atomic mass is 9.91. The van der Waals surface area contributed by atoms with Gasteiger partial charge in [-0.2, -0.15) is 0 Å². The fourth-order valence-electron chi connectivity index (χ4n) is 9.48. The molecular weight excluding hydrogens is 711 g/mol. The summed E-state index contributed by atoms with van der Waals surface area (Å²) in [5.41, 5.74) is 15.7. The Morgan fingerprint density at radius 1 is 0.379 bits per heavy atom. The molecule has 0 amide bonds. The van der Waals surface area contributed by atoms with E-state index in [0.717, 1.165) is 51.1 Å². The minimum absolute atomic E-state index is 0.624. The van der Waals surface area contributed by atoms with Gasteiger partial charge in [0, 0.05) is 73.9 Å². The zero-order valence-corrected chi connectivity index (χ0v) is 31.1. The largest absolute Gasteiger partial charge is 0.310 e. The van der Waals surface area contributed by atoms with E-state index < -0.39 is 0 Å². The molecule has 0 radical (unpaired) electrons. The molecule has 4 aromatic heterocycles. The Balaban J connectivity index is 1.09. The Morgan fingerprint density at radius 2 is 0.914 bits per heavy atom. The summed E-state index contributed by atoms with van der Waals surface area (Å²) in [5, 5.41) is 4.82. The van der Waals surface area contributed by atoms with Crippen LogP contribution in [0.5, 0.6) is 0 Å². The van der Waals surface area contributed by atoms with Crippen LogP contribution in [0.3, 0.4) is 0 Å². The average molecular weight is 742 g/mol. The van der Waals surface area contributed by atoms with Crippen LogP contribution in [0.25, 0.3) is 89.2 Å². The van der Waals surface area contributed by atoms with Crippen LogP contribution < -0.4 is 4.90 Å². The number of benzene rings is 7. The Hall–Kier alpha value is -7.90. The summed E-state index contributed by atoms with van der Waals surface area (Å²) in [6, 6.07) is 58.2. The smallest absolute Gasteiger partial charge is 0.164 e. The van der Waals surface area contributed by atoms with Crippen molar-refractivity contribution in [2.24, 2.45) is 0 Å². The summed E-state index contributed by atoms with van der Waals surface area (Å²) in [4.78, 5) is 22.2. The molecule has 0 saturated carbocycles. The van der Waals surface area contributed by atoms with Gasteiger partial charge < -0.3 is 14.0 Å². The maximum atomic E-state index is 5.10. The van der Waals surface area contributed by atoms with E-state index >= 15 is 0 Å². The van der Waals surface area contributed by atoms with Crippen LogP contribution in [0.4, 0.5) is 17.1 Å². The number of rotatable bonds is 4. The zero-order valence-electron chi connectivity index (χ0n) is 31.1. The van der Waals surface area contributed by atoms with Gasteiger partial charge in [0.2, 0.25) is 0 Å². The van der Waals surface area contributed by atoms with Gasteiger partial charge in [0.1, 0.15) is 0 Å². The van der Waals surface area contributed by atoms with Gasteiger partial charge in [-0.3, -0.25) is 4.98 Å². The van der Waals surface area contributed by atoms with Gasteiger partial charge in [-0.05, 0) is 60.7 Å². The molecule has 13 rings (SSSR count).